The first-order valence-corrected chi connectivity index (χ1v) is 49.6. The van der Waals surface area contributed by atoms with Gasteiger partial charge in [0.05, 0.1) is 73.8 Å². The summed E-state index contributed by atoms with van der Waals surface area (Å²) in [7, 11) is -10.0. The van der Waals surface area contributed by atoms with E-state index < -0.39 is 72.1 Å². The van der Waals surface area contributed by atoms with E-state index in [0.29, 0.717) is 38.7 Å². The van der Waals surface area contributed by atoms with Crippen LogP contribution in [0.1, 0.15) is 187 Å². The minimum absolute atomic E-state index is 0.00674. The van der Waals surface area contributed by atoms with Gasteiger partial charge < -0.3 is 55.3 Å². The quantitative estimate of drug-likeness (QED) is 0.0318. The Bertz CT molecular complexity index is 2330. The summed E-state index contributed by atoms with van der Waals surface area (Å²) in [4.78, 5) is 26.5. The van der Waals surface area contributed by atoms with E-state index in [0.717, 1.165) is 56.0 Å². The van der Waals surface area contributed by atoms with Crippen LogP contribution >= 0.6 is 22.6 Å². The molecule has 0 aromatic carbocycles. The molecule has 0 amide bonds. The summed E-state index contributed by atoms with van der Waals surface area (Å²) in [6, 6.07) is 0. The highest BCUT2D eigenvalue weighted by Crippen LogP contribution is 2.49. The highest BCUT2D eigenvalue weighted by Gasteiger charge is 2.59. The topological polar surface area (TPSA) is 136 Å². The van der Waals surface area contributed by atoms with Gasteiger partial charge in [-0.1, -0.05) is 140 Å². The third-order valence-corrected chi connectivity index (χ3v) is 45.7. The van der Waals surface area contributed by atoms with Gasteiger partial charge in [0.1, 0.15) is 36.5 Å². The maximum atomic E-state index is 15.3. The zero-order valence-electron chi connectivity index (χ0n) is 60.5. The number of aldehydes is 1. The van der Waals surface area contributed by atoms with Gasteiger partial charge in [-0.05, 0) is 163 Å². The molecule has 5 aliphatic heterocycles. The Labute approximate surface area is 556 Å². The van der Waals surface area contributed by atoms with Gasteiger partial charge in [0.25, 0.3) is 0 Å². The van der Waals surface area contributed by atoms with Crippen LogP contribution in [-0.4, -0.2) is 159 Å². The molecule has 0 aliphatic carbocycles. The predicted molar refractivity (Wildman–Crippen MR) is 382 cm³/mol. The van der Waals surface area contributed by atoms with E-state index in [1.54, 1.807) is 7.11 Å². The normalized spacial score (nSPS) is 31.1. The third-order valence-electron chi connectivity index (χ3n) is 22.8. The monoisotopic (exact) mass is 1430 g/mol. The molecular formula is C69H129IO13Si5. The summed E-state index contributed by atoms with van der Waals surface area (Å²) in [6.07, 6.45) is 6.90. The van der Waals surface area contributed by atoms with E-state index in [1.165, 1.54) is 0 Å². The van der Waals surface area contributed by atoms with Crippen LogP contribution in [0.2, 0.25) is 90.7 Å². The predicted octanol–water partition coefficient (Wildman–Crippen LogP) is 17.9. The first-order valence-electron chi connectivity index (χ1n) is 33.8. The highest BCUT2D eigenvalue weighted by molar-refractivity contribution is 14.1. The number of carbonyl (C=O) groups excluding carboxylic acids is 2. The third kappa shape index (κ3) is 20.3. The Morgan fingerprint density at radius 2 is 1.16 bits per heavy atom. The Balaban J connectivity index is 1.50. The van der Waals surface area contributed by atoms with Crippen molar-refractivity contribution in [3.8, 4) is 0 Å². The van der Waals surface area contributed by atoms with Gasteiger partial charge >= 0.3 is 0 Å². The zero-order chi connectivity index (χ0) is 66.8. The van der Waals surface area contributed by atoms with Gasteiger partial charge in [0.2, 0.25) is 0 Å². The molecule has 19 heteroatoms. The molecule has 13 nitrogen and oxygen atoms in total. The standard InChI is InChI=1S/C69H129IO13Si5/c1-46-31-32-49(33-35-54-47(2)40-50(76-54)30-29-39-71)75-57(46)44-58-53(60(73-18)59(78-58)43-52(80-85(21,22)66(6,7)8)45-74-84(19,20)65(3,4)5)42-48(72)41-51-34-36-55-61(77-51)63(82-87(25,26)68(12,13)14)64(83-88(27,28)69(15,16)17)62(79-55)56(37-38-70)81-86(23,24)67(9,10)11/h37-39,49-64H,1-2,29-36,40-45H2,3-28H3/b38-37+/t49-,50+,51-,52+,53+,54+,55+,56?,57-,58+,59-,60+,61-,62-,63?,64?/m1/s1. The fourth-order valence-corrected chi connectivity index (χ4v) is 18.5. The van der Waals surface area contributed by atoms with Crippen molar-refractivity contribution in [3.63, 3.8) is 0 Å². The summed E-state index contributed by atoms with van der Waals surface area (Å²) >= 11 is 2.32. The second-order valence-electron chi connectivity index (χ2n) is 34.7. The second-order valence-corrected chi connectivity index (χ2v) is 59.3. The van der Waals surface area contributed by atoms with Crippen LogP contribution in [0.15, 0.2) is 34.5 Å². The molecule has 510 valence electrons. The second kappa shape index (κ2) is 30.6. The maximum Gasteiger partial charge on any atom is 0.193 e. The zero-order valence-corrected chi connectivity index (χ0v) is 67.6. The van der Waals surface area contributed by atoms with Crippen molar-refractivity contribution < 1.29 is 60.1 Å². The molecule has 5 fully saturated rings. The van der Waals surface area contributed by atoms with Crippen molar-refractivity contribution in [2.75, 3.05) is 13.7 Å². The van der Waals surface area contributed by atoms with E-state index >= 15 is 4.79 Å². The molecule has 5 saturated heterocycles. The maximum absolute atomic E-state index is 15.3. The summed E-state index contributed by atoms with van der Waals surface area (Å²) in [5, 5.41) is -0.259. The molecule has 16 atom stereocenters. The summed E-state index contributed by atoms with van der Waals surface area (Å²) in [5.74, 6) is -0.159. The lowest BCUT2D eigenvalue weighted by molar-refractivity contribution is -0.266. The smallest absolute Gasteiger partial charge is 0.193 e. The van der Waals surface area contributed by atoms with Gasteiger partial charge in [-0.25, -0.2) is 0 Å². The molecule has 0 bridgehead atoms. The molecule has 5 aliphatic rings. The molecule has 5 heterocycles. The highest BCUT2D eigenvalue weighted by atomic mass is 127. The van der Waals surface area contributed by atoms with Gasteiger partial charge in [-0.15, -0.1) is 0 Å². The lowest BCUT2D eigenvalue weighted by atomic mass is 9.83. The molecule has 3 unspecified atom stereocenters. The minimum Gasteiger partial charge on any atom is -0.414 e. The molecule has 0 radical (unpaired) electrons. The van der Waals surface area contributed by atoms with Crippen molar-refractivity contribution in [2.24, 2.45) is 5.92 Å². The number of fused-ring (bicyclic) bond motifs is 1. The fraction of sp³-hybridized carbons (Fsp3) is 0.884. The molecule has 0 N–H and O–H groups in total. The molecule has 0 saturated carbocycles. The van der Waals surface area contributed by atoms with Gasteiger partial charge in [0.15, 0.2) is 41.6 Å². The molecular weight excluding hydrogens is 1300 g/mol. The van der Waals surface area contributed by atoms with E-state index in [1.807, 2.05) is 0 Å². The van der Waals surface area contributed by atoms with E-state index in [9.17, 15) is 4.79 Å². The van der Waals surface area contributed by atoms with E-state index in [4.69, 9.17) is 50.6 Å². The number of carbonyl (C=O) groups is 2. The fourth-order valence-electron chi connectivity index (χ4n) is 11.9. The minimum atomic E-state index is -2.50. The SMILES string of the molecule is C=C1C[C@H](CCC=O)O[C@H]1CC[C@H]1CCC(=C)[C@@H](C[C@@H]2O[C@H](C[C@@H](CO[Si](C)(C)C(C)(C)C)O[Si](C)(C)C(C)(C)C)[C@@H](OC)[C@H]2CC(=O)C[C@H]2CC[C@@H]3O[C@H](C(/C=C/I)O[Si](C)(C)C(C)(C)C)C(O[Si](C)(C)C(C)(C)C)C(O[Si](C)(C)C(C)(C)C)[C@@H]3O2)O1. The average molecular weight is 1430 g/mol. The van der Waals surface area contributed by atoms with Crippen molar-refractivity contribution in [1.29, 1.82) is 0 Å². The Morgan fingerprint density at radius 3 is 1.70 bits per heavy atom. The number of ketones is 1. The van der Waals surface area contributed by atoms with Crippen molar-refractivity contribution in [3.05, 3.63) is 34.5 Å². The van der Waals surface area contributed by atoms with Crippen LogP contribution < -0.4 is 0 Å². The van der Waals surface area contributed by atoms with E-state index in [-0.39, 0.29) is 111 Å². The van der Waals surface area contributed by atoms with Crippen LogP contribution in [0.4, 0.5) is 0 Å². The first kappa shape index (κ1) is 78.6. The number of hydrogen-bond donors (Lipinski definition) is 0. The Hall–Kier alpha value is -0.0656. The summed E-state index contributed by atoms with van der Waals surface area (Å²) < 4.78 is 81.5. The first-order chi connectivity index (χ1) is 40.1. The van der Waals surface area contributed by atoms with Crippen LogP contribution in [0, 0.1) is 5.92 Å². The molecule has 5 rings (SSSR count). The van der Waals surface area contributed by atoms with Crippen LogP contribution in [0.3, 0.4) is 0 Å². The number of rotatable bonds is 28. The summed E-state index contributed by atoms with van der Waals surface area (Å²) in [5.41, 5.74) is 2.15. The lowest BCUT2D eigenvalue weighted by Gasteiger charge is -2.56. The van der Waals surface area contributed by atoms with Crippen LogP contribution in [0.25, 0.3) is 0 Å². The molecule has 0 spiro atoms. The molecule has 88 heavy (non-hydrogen) atoms. The van der Waals surface area contributed by atoms with Crippen molar-refractivity contribution >= 4 is 76.2 Å². The average Bonchev–Trinajstić information content (AvgIpc) is 1.09. The van der Waals surface area contributed by atoms with Crippen molar-refractivity contribution in [1.82, 2.24) is 0 Å². The number of ether oxygens (including phenoxy) is 6. The number of hydrogen-bond acceptors (Lipinski definition) is 13. The number of halogens is 1. The van der Waals surface area contributed by atoms with Gasteiger partial charge in [-0.2, -0.15) is 0 Å². The molecule has 0 aromatic rings. The van der Waals surface area contributed by atoms with Crippen molar-refractivity contribution in [2.45, 2.75) is 370 Å². The largest absolute Gasteiger partial charge is 0.414 e. The van der Waals surface area contributed by atoms with Crippen LogP contribution in [0.5, 0.6) is 0 Å². The number of methoxy groups -OCH3 is 1. The van der Waals surface area contributed by atoms with Gasteiger partial charge in [0, 0.05) is 45.1 Å². The Morgan fingerprint density at radius 1 is 0.602 bits per heavy atom. The Kier molecular flexibility index (Phi) is 27.3. The number of Topliss-reactive ketones (excluding diaryl/α,β-unsaturated/α-hetero) is 1. The summed E-state index contributed by atoms with van der Waals surface area (Å²) in [6.45, 7) is 66.8. The van der Waals surface area contributed by atoms with Crippen LogP contribution in [-0.2, 0) is 60.1 Å². The molecule has 0 aromatic heterocycles. The van der Waals surface area contributed by atoms with Gasteiger partial charge in [-0.3, -0.25) is 4.79 Å². The van der Waals surface area contributed by atoms with E-state index in [2.05, 4.69) is 215 Å². The lowest BCUT2D eigenvalue weighted by Crippen LogP contribution is -2.69.